The number of aliphatic hydroxyl groups excluding tert-OH is 1. The number of aliphatic hydroxyl groups is 1. The number of carbonyl (C=O) groups is 1. The van der Waals surface area contributed by atoms with Crippen LogP contribution < -0.4 is 0 Å². The van der Waals surface area contributed by atoms with E-state index in [9.17, 15) is 9.90 Å². The first-order valence-electron chi connectivity index (χ1n) is 10.2. The molecule has 1 aromatic rings. The lowest BCUT2D eigenvalue weighted by Crippen LogP contribution is -2.53. The highest BCUT2D eigenvalue weighted by Crippen LogP contribution is 2.20. The third-order valence-corrected chi connectivity index (χ3v) is 4.81. The summed E-state index contributed by atoms with van der Waals surface area (Å²) in [6, 6.07) is 7.92. The van der Waals surface area contributed by atoms with E-state index in [4.69, 9.17) is 20.3 Å². The second-order valence-corrected chi connectivity index (χ2v) is 7.21. The Hall–Kier alpha value is -3.04. The number of nitrogens with zero attached hydrogens (tertiary/aromatic N) is 3. The van der Waals surface area contributed by atoms with E-state index in [0.717, 1.165) is 11.1 Å². The number of hydrogen-bond donors (Lipinski definition) is 3. The van der Waals surface area contributed by atoms with Crippen molar-refractivity contribution in [1.82, 2.24) is 9.80 Å². The lowest BCUT2D eigenvalue weighted by molar-refractivity contribution is -0.135. The maximum absolute atomic E-state index is 11.8. The van der Waals surface area contributed by atoms with Crippen molar-refractivity contribution in [3.63, 3.8) is 0 Å². The molecule has 2 atom stereocenters. The molecule has 1 aromatic carbocycles. The van der Waals surface area contributed by atoms with Gasteiger partial charge in [0.2, 0.25) is 11.7 Å². The monoisotopic (exact) mass is 429 g/mol. The summed E-state index contributed by atoms with van der Waals surface area (Å²) in [5.41, 5.74) is 2.02. The lowest BCUT2D eigenvalue weighted by Gasteiger charge is -2.35. The molecule has 168 valence electrons. The van der Waals surface area contributed by atoms with Gasteiger partial charge in [-0.05, 0) is 31.9 Å². The minimum atomic E-state index is -0.820. The molecule has 0 spiro atoms. The third-order valence-electron chi connectivity index (χ3n) is 4.81. The van der Waals surface area contributed by atoms with Gasteiger partial charge in [0.05, 0.1) is 13.2 Å². The first-order chi connectivity index (χ1) is 14.8. The highest BCUT2D eigenvalue weighted by atomic mass is 16.5. The summed E-state index contributed by atoms with van der Waals surface area (Å²) in [5, 5.41) is 25.9. The fourth-order valence-electron chi connectivity index (χ4n) is 3.17. The van der Waals surface area contributed by atoms with E-state index in [1.54, 1.807) is 13.8 Å². The molecule has 1 heterocycles. The van der Waals surface area contributed by atoms with Crippen LogP contribution in [0.4, 0.5) is 0 Å². The molecule has 3 N–H and O–H groups in total. The van der Waals surface area contributed by atoms with Crippen LogP contribution in [0.1, 0.15) is 38.0 Å². The van der Waals surface area contributed by atoms with E-state index >= 15 is 0 Å². The molecule has 0 amide bonds. The molecule has 1 aliphatic rings. The van der Waals surface area contributed by atoms with Gasteiger partial charge < -0.3 is 19.5 Å². The number of amidine groups is 2. The number of benzene rings is 1. The number of hydrogen-bond acceptors (Lipinski definition) is 8. The van der Waals surface area contributed by atoms with Crippen molar-refractivity contribution in [3.05, 3.63) is 48.2 Å². The average molecular weight is 430 g/mol. The maximum atomic E-state index is 11.8. The molecule has 31 heavy (non-hydrogen) atoms. The van der Waals surface area contributed by atoms with Crippen molar-refractivity contribution >= 4 is 23.5 Å². The highest BCUT2D eigenvalue weighted by molar-refractivity contribution is 6.37. The highest BCUT2D eigenvalue weighted by Gasteiger charge is 2.28. The molecular formula is C22H31N5O4. The van der Waals surface area contributed by atoms with Gasteiger partial charge in [-0.25, -0.2) is 9.79 Å². The second kappa shape index (κ2) is 11.4. The minimum Gasteiger partial charge on any atom is -0.471 e. The minimum absolute atomic E-state index is 0.204. The fourth-order valence-corrected chi connectivity index (χ4v) is 3.17. The molecule has 1 aliphatic heterocycles. The van der Waals surface area contributed by atoms with Gasteiger partial charge in [0.1, 0.15) is 18.0 Å². The van der Waals surface area contributed by atoms with Crippen molar-refractivity contribution in [1.29, 1.82) is 10.8 Å². The number of esters is 1. The van der Waals surface area contributed by atoms with Gasteiger partial charge in [-0.3, -0.25) is 15.7 Å². The Bertz CT molecular complexity index is 835. The summed E-state index contributed by atoms with van der Waals surface area (Å²) < 4.78 is 10.6. The van der Waals surface area contributed by atoms with Crippen molar-refractivity contribution < 1.29 is 19.4 Å². The first kappa shape index (κ1) is 24.2. The first-order valence-corrected chi connectivity index (χ1v) is 10.2. The summed E-state index contributed by atoms with van der Waals surface area (Å²) in [6.45, 7) is 10.9. The van der Waals surface area contributed by atoms with Crippen LogP contribution in [0.5, 0.6) is 0 Å². The van der Waals surface area contributed by atoms with Gasteiger partial charge in [-0.2, -0.15) is 0 Å². The third kappa shape index (κ3) is 6.73. The second-order valence-electron chi connectivity index (χ2n) is 7.21. The van der Waals surface area contributed by atoms with Crippen LogP contribution in [0, 0.1) is 10.8 Å². The SMILES string of the molecule is C=C/N=C(/O[C@H](C)c1ccc(CN2CCN(C(=N)C(=O)OCC)C(=N)C2)cc1)C(C)O. The molecule has 0 aliphatic carbocycles. The molecule has 9 nitrogen and oxygen atoms in total. The molecule has 2 rings (SSSR count). The smallest absolute Gasteiger partial charge is 0.373 e. The van der Waals surface area contributed by atoms with E-state index in [1.807, 2.05) is 31.2 Å². The van der Waals surface area contributed by atoms with Gasteiger partial charge in [0, 0.05) is 25.8 Å². The summed E-state index contributed by atoms with van der Waals surface area (Å²) in [5.74, 6) is -0.572. The van der Waals surface area contributed by atoms with Gasteiger partial charge >= 0.3 is 5.97 Å². The fraction of sp³-hybridized carbons (Fsp3) is 0.455. The summed E-state index contributed by atoms with van der Waals surface area (Å²) in [6.07, 6.45) is 0.232. The molecule has 0 saturated carbocycles. The number of carbonyl (C=O) groups excluding carboxylic acids is 1. The van der Waals surface area contributed by atoms with Crippen molar-refractivity contribution in [2.24, 2.45) is 4.99 Å². The average Bonchev–Trinajstić information content (AvgIpc) is 2.73. The molecular weight excluding hydrogens is 398 g/mol. The number of aliphatic imine (C=N–C) groups is 1. The van der Waals surface area contributed by atoms with E-state index in [0.29, 0.717) is 26.2 Å². The quantitative estimate of drug-likeness (QED) is 0.347. The number of nitrogens with one attached hydrogen (secondary N) is 2. The van der Waals surface area contributed by atoms with Crippen LogP contribution in [0.2, 0.25) is 0 Å². The Balaban J connectivity index is 1.93. The van der Waals surface area contributed by atoms with Crippen molar-refractivity contribution in [2.75, 3.05) is 26.2 Å². The number of piperazine rings is 1. The van der Waals surface area contributed by atoms with Crippen molar-refractivity contribution in [2.45, 2.75) is 39.5 Å². The molecule has 1 fully saturated rings. The Morgan fingerprint density at radius 2 is 2.00 bits per heavy atom. The zero-order valence-corrected chi connectivity index (χ0v) is 18.3. The normalized spacial score (nSPS) is 17.1. The van der Waals surface area contributed by atoms with E-state index in [-0.39, 0.29) is 30.3 Å². The molecule has 1 unspecified atom stereocenters. The van der Waals surface area contributed by atoms with Crippen LogP contribution in [-0.2, 0) is 20.8 Å². The Morgan fingerprint density at radius 1 is 1.32 bits per heavy atom. The van der Waals surface area contributed by atoms with Gasteiger partial charge in [0.25, 0.3) is 0 Å². The van der Waals surface area contributed by atoms with Gasteiger partial charge in [0.15, 0.2) is 0 Å². The number of rotatable bonds is 7. The molecule has 0 radical (unpaired) electrons. The standard InChI is InChI=1S/C22H31N5O4/c1-5-25-21(15(3)28)31-16(4)18-9-7-17(8-10-18)13-26-11-12-27(19(23)14-26)20(24)22(29)30-6-2/h5,7-10,15-16,23-24,28H,1,6,11-14H2,2-4H3/b23-19?,24-20?,25-21+/t15?,16-/m1/s1. The maximum Gasteiger partial charge on any atom is 0.373 e. The van der Waals surface area contributed by atoms with Crippen LogP contribution in [-0.4, -0.2) is 70.8 Å². The van der Waals surface area contributed by atoms with Gasteiger partial charge in [-0.15, -0.1) is 0 Å². The molecule has 9 heteroatoms. The topological polar surface area (TPSA) is 122 Å². The Morgan fingerprint density at radius 3 is 2.55 bits per heavy atom. The van der Waals surface area contributed by atoms with Gasteiger partial charge in [-0.1, -0.05) is 30.8 Å². The van der Waals surface area contributed by atoms with Crippen LogP contribution in [0.25, 0.3) is 0 Å². The van der Waals surface area contributed by atoms with Crippen LogP contribution >= 0.6 is 0 Å². The summed E-state index contributed by atoms with van der Waals surface area (Å²) in [4.78, 5) is 19.2. The Kier molecular flexibility index (Phi) is 8.89. The molecule has 0 aromatic heterocycles. The zero-order chi connectivity index (χ0) is 23.0. The lowest BCUT2D eigenvalue weighted by atomic mass is 10.1. The van der Waals surface area contributed by atoms with Crippen LogP contribution in [0.15, 0.2) is 42.0 Å². The van der Waals surface area contributed by atoms with E-state index in [1.165, 1.54) is 11.1 Å². The summed E-state index contributed by atoms with van der Waals surface area (Å²) >= 11 is 0. The van der Waals surface area contributed by atoms with E-state index in [2.05, 4.69) is 16.5 Å². The van der Waals surface area contributed by atoms with Crippen molar-refractivity contribution in [3.8, 4) is 0 Å². The summed E-state index contributed by atoms with van der Waals surface area (Å²) in [7, 11) is 0. The Labute approximate surface area is 183 Å². The molecule has 0 bridgehead atoms. The van der Waals surface area contributed by atoms with Crippen LogP contribution in [0.3, 0.4) is 0 Å². The van der Waals surface area contributed by atoms with E-state index < -0.39 is 12.1 Å². The molecule has 1 saturated heterocycles. The predicted molar refractivity (Wildman–Crippen MR) is 119 cm³/mol. The number of ether oxygens (including phenoxy) is 2. The zero-order valence-electron chi connectivity index (χ0n) is 18.3. The predicted octanol–water partition coefficient (Wildman–Crippen LogP) is 2.32. The largest absolute Gasteiger partial charge is 0.471 e.